The number of ketones is 1. The van der Waals surface area contributed by atoms with E-state index in [9.17, 15) is 22.0 Å². The number of carbonyl (C=O) groups is 1. The van der Waals surface area contributed by atoms with E-state index in [4.69, 9.17) is 4.74 Å². The molecule has 0 saturated heterocycles. The highest BCUT2D eigenvalue weighted by Gasteiger charge is 2.26. The molecule has 222 valence electrons. The Balaban J connectivity index is 1.42. The van der Waals surface area contributed by atoms with Gasteiger partial charge in [0.15, 0.2) is 5.82 Å². The van der Waals surface area contributed by atoms with Gasteiger partial charge in [-0.1, -0.05) is 6.07 Å². The van der Waals surface area contributed by atoms with Crippen LogP contribution in [-0.4, -0.2) is 61.3 Å². The molecule has 0 atom stereocenters. The summed E-state index contributed by atoms with van der Waals surface area (Å²) in [4.78, 5) is 26.6. The Morgan fingerprint density at radius 1 is 1.02 bits per heavy atom. The molecule has 0 aliphatic carbocycles. The van der Waals surface area contributed by atoms with E-state index in [1.54, 1.807) is 24.4 Å². The van der Waals surface area contributed by atoms with Gasteiger partial charge in [0, 0.05) is 35.5 Å². The van der Waals surface area contributed by atoms with Crippen molar-refractivity contribution in [1.82, 2.24) is 19.9 Å². The molecule has 0 radical (unpaired) electrons. The van der Waals surface area contributed by atoms with Gasteiger partial charge in [-0.15, -0.1) is 0 Å². The van der Waals surface area contributed by atoms with E-state index < -0.39 is 49.4 Å². The third-order valence-corrected chi connectivity index (χ3v) is 7.86. The number of hydrogen-bond donors (Lipinski definition) is 2. The lowest BCUT2D eigenvalue weighted by molar-refractivity contribution is 0.103. The summed E-state index contributed by atoms with van der Waals surface area (Å²) in [6.45, 7) is 1.42. The number of hydrogen-bond acceptors (Lipinski definition) is 7. The standard InChI is InChI=1S/C30H26F3N5O4S/c1-38(2)11-4-12-42-20-7-9-25(34-16-20)18-13-22-23(17-36-30(22)35-15-18)29(39)27-24(32)8-10-26(28(27)33)37-43(40,41)21-6-3-5-19(31)14-21/h3,5-10,13-17,37H,4,11-12H2,1-2H3,(H,35,36). The van der Waals surface area contributed by atoms with Gasteiger partial charge in [0.2, 0.25) is 5.78 Å². The molecule has 0 aliphatic heterocycles. The van der Waals surface area contributed by atoms with Crippen LogP contribution in [0.15, 0.2) is 78.1 Å². The van der Waals surface area contributed by atoms with E-state index in [0.717, 1.165) is 43.3 Å². The highest BCUT2D eigenvalue weighted by Crippen LogP contribution is 2.30. The van der Waals surface area contributed by atoms with E-state index in [1.807, 2.05) is 18.8 Å². The number of aromatic nitrogens is 3. The number of pyridine rings is 2. The molecule has 43 heavy (non-hydrogen) atoms. The summed E-state index contributed by atoms with van der Waals surface area (Å²) < 4.78 is 77.1. The molecule has 9 nitrogen and oxygen atoms in total. The molecule has 0 unspecified atom stereocenters. The van der Waals surface area contributed by atoms with E-state index in [2.05, 4.69) is 19.9 Å². The minimum absolute atomic E-state index is 0.0897. The van der Waals surface area contributed by atoms with E-state index >= 15 is 4.39 Å². The molecule has 5 rings (SSSR count). The fourth-order valence-electron chi connectivity index (χ4n) is 4.35. The normalized spacial score (nSPS) is 11.7. The molecular formula is C30H26F3N5O4S. The van der Waals surface area contributed by atoms with E-state index in [-0.39, 0.29) is 16.6 Å². The summed E-state index contributed by atoms with van der Waals surface area (Å²) in [5, 5.41) is 0.276. The van der Waals surface area contributed by atoms with Gasteiger partial charge in [0.05, 0.1) is 34.6 Å². The Morgan fingerprint density at radius 2 is 1.84 bits per heavy atom. The first-order valence-corrected chi connectivity index (χ1v) is 14.5. The van der Waals surface area contributed by atoms with E-state index in [1.165, 1.54) is 18.5 Å². The number of sulfonamides is 1. The molecule has 13 heteroatoms. The maximum absolute atomic E-state index is 15.5. The minimum Gasteiger partial charge on any atom is -0.492 e. The first kappa shape index (κ1) is 29.7. The lowest BCUT2D eigenvalue weighted by Crippen LogP contribution is -2.16. The first-order chi connectivity index (χ1) is 20.5. The molecule has 0 amide bonds. The van der Waals surface area contributed by atoms with Gasteiger partial charge in [0.25, 0.3) is 10.0 Å². The molecule has 5 aromatic rings. The maximum atomic E-state index is 15.5. The van der Waals surface area contributed by atoms with Crippen LogP contribution in [0.5, 0.6) is 5.75 Å². The number of carbonyl (C=O) groups excluding carboxylic acids is 1. The first-order valence-electron chi connectivity index (χ1n) is 13.1. The van der Waals surface area contributed by atoms with Crippen molar-refractivity contribution >= 4 is 32.5 Å². The summed E-state index contributed by atoms with van der Waals surface area (Å²) in [5.41, 5.74) is -0.385. The third-order valence-electron chi connectivity index (χ3n) is 6.50. The van der Waals surface area contributed by atoms with Gasteiger partial charge < -0.3 is 14.6 Å². The van der Waals surface area contributed by atoms with Crippen LogP contribution in [0, 0.1) is 17.5 Å². The number of aromatic amines is 1. The van der Waals surface area contributed by atoms with Crippen molar-refractivity contribution in [3.8, 4) is 17.0 Å². The Bertz CT molecular complexity index is 1910. The Hall–Kier alpha value is -4.75. The fraction of sp³-hybridized carbons (Fsp3) is 0.167. The number of nitrogens with zero attached hydrogens (tertiary/aromatic N) is 3. The highest BCUT2D eigenvalue weighted by atomic mass is 32.2. The molecule has 0 aliphatic rings. The SMILES string of the molecule is CN(C)CCCOc1ccc(-c2cnc3[nH]cc(C(=O)c4c(F)ccc(NS(=O)(=O)c5cccc(F)c5)c4F)c3c2)nc1. The number of H-pyrrole nitrogens is 1. The van der Waals surface area contributed by atoms with E-state index in [0.29, 0.717) is 23.6 Å². The number of benzene rings is 2. The number of halogens is 3. The van der Waals surface area contributed by atoms with Gasteiger partial charge in [-0.3, -0.25) is 14.5 Å². The predicted octanol–water partition coefficient (Wildman–Crippen LogP) is 5.40. The van der Waals surface area contributed by atoms with Crippen LogP contribution in [0.1, 0.15) is 22.3 Å². The molecule has 2 N–H and O–H groups in total. The van der Waals surface area contributed by atoms with Crippen LogP contribution < -0.4 is 9.46 Å². The second kappa shape index (κ2) is 12.2. The molecule has 0 spiro atoms. The quantitative estimate of drug-likeness (QED) is 0.152. The Morgan fingerprint density at radius 3 is 2.56 bits per heavy atom. The zero-order valence-electron chi connectivity index (χ0n) is 23.1. The molecule has 0 fully saturated rings. The number of fused-ring (bicyclic) bond motifs is 1. The van der Waals surface area contributed by atoms with Crippen molar-refractivity contribution in [3.05, 3.63) is 102 Å². The van der Waals surface area contributed by atoms with Crippen LogP contribution in [0.4, 0.5) is 18.9 Å². The summed E-state index contributed by atoms with van der Waals surface area (Å²) in [5.74, 6) is -3.89. The second-order valence-corrected chi connectivity index (χ2v) is 11.6. The smallest absolute Gasteiger partial charge is 0.262 e. The van der Waals surface area contributed by atoms with Crippen molar-refractivity contribution < 1.29 is 31.1 Å². The van der Waals surface area contributed by atoms with Crippen molar-refractivity contribution in [2.45, 2.75) is 11.3 Å². The number of anilines is 1. The maximum Gasteiger partial charge on any atom is 0.262 e. The van der Waals surface area contributed by atoms with Crippen molar-refractivity contribution in [3.63, 3.8) is 0 Å². The largest absolute Gasteiger partial charge is 0.492 e. The predicted molar refractivity (Wildman–Crippen MR) is 155 cm³/mol. The van der Waals surface area contributed by atoms with Crippen LogP contribution in [-0.2, 0) is 10.0 Å². The van der Waals surface area contributed by atoms with Gasteiger partial charge in [-0.05, 0) is 69.0 Å². The van der Waals surface area contributed by atoms with Crippen LogP contribution in [0.3, 0.4) is 0 Å². The topological polar surface area (TPSA) is 117 Å². The molecule has 3 heterocycles. The minimum atomic E-state index is -4.45. The Kier molecular flexibility index (Phi) is 8.46. The van der Waals surface area contributed by atoms with Crippen LogP contribution in [0.2, 0.25) is 0 Å². The van der Waals surface area contributed by atoms with Crippen molar-refractivity contribution in [2.75, 3.05) is 32.0 Å². The zero-order chi connectivity index (χ0) is 30.7. The molecule has 2 aromatic carbocycles. The van der Waals surface area contributed by atoms with Crippen molar-refractivity contribution in [1.29, 1.82) is 0 Å². The highest BCUT2D eigenvalue weighted by molar-refractivity contribution is 7.92. The number of nitrogens with one attached hydrogen (secondary N) is 2. The summed E-state index contributed by atoms with van der Waals surface area (Å²) >= 11 is 0. The monoisotopic (exact) mass is 609 g/mol. The second-order valence-electron chi connectivity index (χ2n) is 9.88. The third kappa shape index (κ3) is 6.52. The van der Waals surface area contributed by atoms with Gasteiger partial charge >= 0.3 is 0 Å². The van der Waals surface area contributed by atoms with Crippen LogP contribution >= 0.6 is 0 Å². The molecule has 0 saturated carbocycles. The average Bonchev–Trinajstić information content (AvgIpc) is 3.40. The van der Waals surface area contributed by atoms with Gasteiger partial charge in [-0.2, -0.15) is 0 Å². The summed E-state index contributed by atoms with van der Waals surface area (Å²) in [6, 6.07) is 10.8. The summed E-state index contributed by atoms with van der Waals surface area (Å²) in [7, 11) is -0.485. The Labute approximate surface area is 245 Å². The average molecular weight is 610 g/mol. The van der Waals surface area contributed by atoms with Gasteiger partial charge in [-0.25, -0.2) is 26.6 Å². The summed E-state index contributed by atoms with van der Waals surface area (Å²) in [6.07, 6.45) is 5.22. The van der Waals surface area contributed by atoms with Crippen molar-refractivity contribution in [2.24, 2.45) is 0 Å². The van der Waals surface area contributed by atoms with Gasteiger partial charge in [0.1, 0.15) is 23.0 Å². The molecule has 3 aromatic heterocycles. The lowest BCUT2D eigenvalue weighted by Gasteiger charge is -2.12. The zero-order valence-corrected chi connectivity index (χ0v) is 23.9. The van der Waals surface area contributed by atoms with Crippen LogP contribution in [0.25, 0.3) is 22.3 Å². The lowest BCUT2D eigenvalue weighted by atomic mass is 10.0. The molecular weight excluding hydrogens is 583 g/mol. The number of rotatable bonds is 11. The molecule has 0 bridgehead atoms. The number of ether oxygens (including phenoxy) is 1. The fourth-order valence-corrected chi connectivity index (χ4v) is 5.44.